The van der Waals surface area contributed by atoms with Crippen LogP contribution in [0, 0.1) is 17.6 Å². The lowest BCUT2D eigenvalue weighted by Gasteiger charge is -2.25. The van der Waals surface area contributed by atoms with Crippen molar-refractivity contribution < 1.29 is 23.4 Å². The van der Waals surface area contributed by atoms with E-state index in [1.165, 1.54) is 18.6 Å². The van der Waals surface area contributed by atoms with E-state index in [2.05, 4.69) is 4.98 Å². The van der Waals surface area contributed by atoms with Crippen LogP contribution < -0.4 is 4.74 Å². The minimum absolute atomic E-state index is 0.0143. The SMILES string of the molecule is O=C(O)CCCC1(c2c(F)cc(-c3cccnc3OCC3CCC3)cc2F)CC1. The first-order valence-electron chi connectivity index (χ1n) is 10.3. The van der Waals surface area contributed by atoms with Gasteiger partial charge in [0.25, 0.3) is 0 Å². The Hall–Kier alpha value is -2.50. The van der Waals surface area contributed by atoms with Gasteiger partial charge >= 0.3 is 5.97 Å². The van der Waals surface area contributed by atoms with Gasteiger partial charge in [-0.1, -0.05) is 6.42 Å². The van der Waals surface area contributed by atoms with Gasteiger partial charge in [-0.15, -0.1) is 0 Å². The van der Waals surface area contributed by atoms with Gasteiger partial charge in [0.2, 0.25) is 5.88 Å². The van der Waals surface area contributed by atoms with Crippen LogP contribution in [0.15, 0.2) is 30.5 Å². The van der Waals surface area contributed by atoms with Crippen molar-refractivity contribution in [3.05, 3.63) is 47.7 Å². The lowest BCUT2D eigenvalue weighted by atomic mass is 9.86. The van der Waals surface area contributed by atoms with Crippen LogP contribution >= 0.6 is 0 Å². The normalized spacial score (nSPS) is 17.6. The first-order chi connectivity index (χ1) is 14.0. The van der Waals surface area contributed by atoms with Gasteiger partial charge in [0.15, 0.2) is 0 Å². The highest BCUT2D eigenvalue weighted by Gasteiger charge is 2.47. The summed E-state index contributed by atoms with van der Waals surface area (Å²) in [7, 11) is 0. The van der Waals surface area contributed by atoms with Crippen LogP contribution in [0.25, 0.3) is 11.1 Å². The minimum atomic E-state index is -0.886. The Morgan fingerprint density at radius 3 is 2.55 bits per heavy atom. The van der Waals surface area contributed by atoms with Crippen LogP contribution in [0.1, 0.15) is 56.9 Å². The summed E-state index contributed by atoms with van der Waals surface area (Å²) in [6.07, 6.45) is 7.39. The van der Waals surface area contributed by atoms with Crippen molar-refractivity contribution in [2.75, 3.05) is 6.61 Å². The molecule has 4 rings (SSSR count). The number of carboxylic acids is 1. The Labute approximate surface area is 168 Å². The number of hydrogen-bond donors (Lipinski definition) is 1. The fourth-order valence-corrected chi connectivity index (χ4v) is 4.17. The Balaban J connectivity index is 1.57. The summed E-state index contributed by atoms with van der Waals surface area (Å²) in [5.41, 5.74) is 0.502. The molecule has 29 heavy (non-hydrogen) atoms. The molecule has 1 heterocycles. The van der Waals surface area contributed by atoms with Gasteiger partial charge in [0, 0.05) is 29.2 Å². The second-order valence-electron chi connectivity index (χ2n) is 8.31. The molecule has 1 N–H and O–H groups in total. The molecule has 2 aromatic rings. The molecule has 4 nitrogen and oxygen atoms in total. The van der Waals surface area contributed by atoms with E-state index in [1.54, 1.807) is 18.3 Å². The van der Waals surface area contributed by atoms with E-state index >= 15 is 8.78 Å². The molecule has 2 fully saturated rings. The van der Waals surface area contributed by atoms with Crippen molar-refractivity contribution in [1.82, 2.24) is 4.98 Å². The van der Waals surface area contributed by atoms with Crippen LogP contribution in [0.3, 0.4) is 0 Å². The summed E-state index contributed by atoms with van der Waals surface area (Å²) in [4.78, 5) is 15.0. The van der Waals surface area contributed by atoms with E-state index in [-0.39, 0.29) is 12.0 Å². The van der Waals surface area contributed by atoms with Crippen LogP contribution in [-0.2, 0) is 10.2 Å². The Morgan fingerprint density at radius 2 is 1.97 bits per heavy atom. The maximum atomic E-state index is 15.0. The minimum Gasteiger partial charge on any atom is -0.481 e. The number of hydrogen-bond acceptors (Lipinski definition) is 3. The molecule has 1 aromatic heterocycles. The summed E-state index contributed by atoms with van der Waals surface area (Å²) in [5.74, 6) is -1.12. The smallest absolute Gasteiger partial charge is 0.303 e. The molecular formula is C23H25F2NO3. The van der Waals surface area contributed by atoms with Gasteiger partial charge in [-0.05, 0) is 74.3 Å². The van der Waals surface area contributed by atoms with Crippen LogP contribution in [0.5, 0.6) is 5.88 Å². The predicted molar refractivity (Wildman–Crippen MR) is 105 cm³/mol. The summed E-state index contributed by atoms with van der Waals surface area (Å²) < 4.78 is 35.9. The summed E-state index contributed by atoms with van der Waals surface area (Å²) in [6, 6.07) is 6.19. The number of pyridine rings is 1. The topological polar surface area (TPSA) is 59.4 Å². The molecule has 0 bridgehead atoms. The van der Waals surface area contributed by atoms with Gasteiger partial charge in [-0.3, -0.25) is 4.79 Å². The van der Waals surface area contributed by atoms with E-state index in [1.807, 2.05) is 0 Å². The van der Waals surface area contributed by atoms with E-state index < -0.39 is 23.0 Å². The summed E-state index contributed by atoms with van der Waals surface area (Å²) >= 11 is 0. The van der Waals surface area contributed by atoms with Crippen molar-refractivity contribution >= 4 is 5.97 Å². The maximum absolute atomic E-state index is 15.0. The molecule has 2 aliphatic carbocycles. The molecular weight excluding hydrogens is 376 g/mol. The average molecular weight is 401 g/mol. The largest absolute Gasteiger partial charge is 0.481 e. The van der Waals surface area contributed by atoms with Crippen LogP contribution in [0.4, 0.5) is 8.78 Å². The number of carbonyl (C=O) groups is 1. The predicted octanol–water partition coefficient (Wildman–Crippen LogP) is 5.49. The molecule has 1 aromatic carbocycles. The van der Waals surface area contributed by atoms with Crippen molar-refractivity contribution in [2.45, 2.75) is 56.8 Å². The van der Waals surface area contributed by atoms with Gasteiger partial charge in [0.1, 0.15) is 11.6 Å². The third kappa shape index (κ3) is 4.26. The van der Waals surface area contributed by atoms with Crippen molar-refractivity contribution in [1.29, 1.82) is 0 Å². The molecule has 154 valence electrons. The van der Waals surface area contributed by atoms with Crippen molar-refractivity contribution in [3.8, 4) is 17.0 Å². The third-order valence-electron chi connectivity index (χ3n) is 6.23. The molecule has 2 saturated carbocycles. The number of ether oxygens (including phenoxy) is 1. The molecule has 0 radical (unpaired) electrons. The third-order valence-corrected chi connectivity index (χ3v) is 6.23. The lowest BCUT2D eigenvalue weighted by molar-refractivity contribution is -0.137. The molecule has 6 heteroatoms. The first kappa shape index (κ1) is 19.8. The number of aliphatic carboxylic acids is 1. The molecule has 0 unspecified atom stereocenters. The van der Waals surface area contributed by atoms with Gasteiger partial charge in [-0.25, -0.2) is 13.8 Å². The average Bonchev–Trinajstić information content (AvgIpc) is 3.40. The number of carboxylic acid groups (broad SMARTS) is 1. The Morgan fingerprint density at radius 1 is 1.24 bits per heavy atom. The highest BCUT2D eigenvalue weighted by molar-refractivity contribution is 5.69. The van der Waals surface area contributed by atoms with Gasteiger partial charge in [0.05, 0.1) is 6.61 Å². The number of nitrogens with zero attached hydrogens (tertiary/aromatic N) is 1. The number of halogens is 2. The zero-order valence-electron chi connectivity index (χ0n) is 16.3. The highest BCUT2D eigenvalue weighted by atomic mass is 19.1. The monoisotopic (exact) mass is 401 g/mol. The molecule has 0 amide bonds. The van der Waals surface area contributed by atoms with E-state index in [0.29, 0.717) is 55.2 Å². The molecule has 0 aliphatic heterocycles. The zero-order valence-corrected chi connectivity index (χ0v) is 16.3. The fourth-order valence-electron chi connectivity index (χ4n) is 4.17. The highest BCUT2D eigenvalue weighted by Crippen LogP contribution is 2.54. The zero-order chi connectivity index (χ0) is 20.4. The van der Waals surface area contributed by atoms with Crippen LogP contribution in [0.2, 0.25) is 0 Å². The number of aromatic nitrogens is 1. The van der Waals surface area contributed by atoms with E-state index in [0.717, 1.165) is 12.8 Å². The fraction of sp³-hybridized carbons (Fsp3) is 0.478. The summed E-state index contributed by atoms with van der Waals surface area (Å²) in [5, 5.41) is 8.83. The molecule has 2 aliphatic rings. The first-order valence-corrected chi connectivity index (χ1v) is 10.3. The molecule has 0 saturated heterocycles. The molecule has 0 atom stereocenters. The van der Waals surface area contributed by atoms with Crippen molar-refractivity contribution in [3.63, 3.8) is 0 Å². The second kappa shape index (κ2) is 8.09. The van der Waals surface area contributed by atoms with Gasteiger partial charge in [-0.2, -0.15) is 0 Å². The summed E-state index contributed by atoms with van der Waals surface area (Å²) in [6.45, 7) is 0.569. The van der Waals surface area contributed by atoms with E-state index in [9.17, 15) is 4.79 Å². The number of rotatable bonds is 9. The van der Waals surface area contributed by atoms with E-state index in [4.69, 9.17) is 9.84 Å². The lowest BCUT2D eigenvalue weighted by Crippen LogP contribution is -2.19. The quantitative estimate of drug-likeness (QED) is 0.603. The van der Waals surface area contributed by atoms with Crippen molar-refractivity contribution in [2.24, 2.45) is 5.92 Å². The Bertz CT molecular complexity index is 884. The van der Waals surface area contributed by atoms with Gasteiger partial charge < -0.3 is 9.84 Å². The standard InChI is InChI=1S/C23H25F2NO3/c24-18-12-16(17-6-3-11-26-22(17)29-14-15-4-1-5-15)13-19(25)21(18)23(9-10-23)8-2-7-20(27)28/h3,6,11-13,15H,1-2,4-5,7-10,14H2,(H,27,28). The second-order valence-corrected chi connectivity index (χ2v) is 8.31. The molecule has 0 spiro atoms. The maximum Gasteiger partial charge on any atom is 0.303 e. The van der Waals surface area contributed by atoms with Crippen LogP contribution in [-0.4, -0.2) is 22.7 Å². The Kier molecular flexibility index (Phi) is 5.52. The number of benzene rings is 1.